The van der Waals surface area contributed by atoms with Crippen LogP contribution >= 0.6 is 0 Å². The van der Waals surface area contributed by atoms with E-state index in [2.05, 4.69) is 5.32 Å². The number of amides is 1. The summed E-state index contributed by atoms with van der Waals surface area (Å²) in [6.07, 6.45) is 1.51. The molecule has 1 amide bonds. The van der Waals surface area contributed by atoms with Crippen LogP contribution in [0.5, 0.6) is 0 Å². The van der Waals surface area contributed by atoms with Gasteiger partial charge in [-0.05, 0) is 18.4 Å². The van der Waals surface area contributed by atoms with Crippen molar-refractivity contribution in [3.8, 4) is 0 Å². The lowest BCUT2D eigenvalue weighted by Crippen LogP contribution is -2.40. The molecule has 1 aromatic carbocycles. The molecule has 0 aromatic heterocycles. The van der Waals surface area contributed by atoms with Crippen LogP contribution in [0.4, 0.5) is 0 Å². The van der Waals surface area contributed by atoms with E-state index >= 15 is 0 Å². The molecule has 0 heterocycles. The Kier molecular flexibility index (Phi) is 7.03. The Balaban J connectivity index is 2.44. The van der Waals surface area contributed by atoms with Crippen LogP contribution < -0.4 is 5.32 Å². The van der Waals surface area contributed by atoms with E-state index in [1.165, 1.54) is 10.6 Å². The third kappa shape index (κ3) is 7.04. The van der Waals surface area contributed by atoms with Gasteiger partial charge in [-0.2, -0.15) is 0 Å². The van der Waals surface area contributed by atoms with Gasteiger partial charge in [0, 0.05) is 19.6 Å². The lowest BCUT2D eigenvalue weighted by Gasteiger charge is -2.22. The maximum absolute atomic E-state index is 11.9. The zero-order chi connectivity index (χ0) is 16.8. The molecular formula is C16H26N2O3S. The van der Waals surface area contributed by atoms with Crippen LogP contribution in [0.15, 0.2) is 24.3 Å². The second kappa shape index (κ2) is 8.29. The highest BCUT2D eigenvalue weighted by Gasteiger charge is 2.17. The van der Waals surface area contributed by atoms with Crippen molar-refractivity contribution >= 4 is 15.9 Å². The summed E-state index contributed by atoms with van der Waals surface area (Å²) in [7, 11) is -3.24. The number of aryl methyl sites for hydroxylation is 1. The first-order chi connectivity index (χ1) is 10.2. The topological polar surface area (TPSA) is 66.5 Å². The Hall–Kier alpha value is -1.40. The number of nitrogens with zero attached hydrogens (tertiary/aromatic N) is 1. The van der Waals surface area contributed by atoms with Gasteiger partial charge in [-0.15, -0.1) is 0 Å². The van der Waals surface area contributed by atoms with Gasteiger partial charge in [0.15, 0.2) is 0 Å². The van der Waals surface area contributed by atoms with Gasteiger partial charge >= 0.3 is 0 Å². The highest BCUT2D eigenvalue weighted by molar-refractivity contribution is 7.88. The summed E-state index contributed by atoms with van der Waals surface area (Å²) >= 11 is 0. The number of carbonyl (C=O) groups excluding carboxylic acids is 1. The predicted molar refractivity (Wildman–Crippen MR) is 89.1 cm³/mol. The minimum Gasteiger partial charge on any atom is -0.354 e. The molecule has 0 radical (unpaired) electrons. The molecule has 0 bridgehead atoms. The lowest BCUT2D eigenvalue weighted by atomic mass is 10.1. The van der Waals surface area contributed by atoms with E-state index in [1.54, 1.807) is 0 Å². The average molecular weight is 326 g/mol. The van der Waals surface area contributed by atoms with Gasteiger partial charge in [-0.1, -0.05) is 43.7 Å². The summed E-state index contributed by atoms with van der Waals surface area (Å²) in [5.74, 6) is 0.153. The Morgan fingerprint density at radius 3 is 2.32 bits per heavy atom. The molecule has 22 heavy (non-hydrogen) atoms. The molecule has 0 atom stereocenters. The van der Waals surface area contributed by atoms with Crippen LogP contribution in [-0.4, -0.2) is 44.5 Å². The van der Waals surface area contributed by atoms with Gasteiger partial charge in [-0.25, -0.2) is 12.7 Å². The summed E-state index contributed by atoms with van der Waals surface area (Å²) in [5, 5.41) is 2.78. The zero-order valence-corrected chi connectivity index (χ0v) is 14.6. The van der Waals surface area contributed by atoms with Crippen molar-refractivity contribution in [2.75, 3.05) is 25.9 Å². The number of benzene rings is 1. The monoisotopic (exact) mass is 326 g/mol. The zero-order valence-electron chi connectivity index (χ0n) is 13.8. The number of nitrogens with one attached hydrogen (secondary N) is 1. The van der Waals surface area contributed by atoms with Crippen molar-refractivity contribution < 1.29 is 13.2 Å². The Labute approximate surface area is 133 Å². The predicted octanol–water partition coefficient (Wildman–Crippen LogP) is 1.57. The van der Waals surface area contributed by atoms with Crippen molar-refractivity contribution in [3.63, 3.8) is 0 Å². The first-order valence-electron chi connectivity index (χ1n) is 7.46. The molecule has 0 fully saturated rings. The maximum atomic E-state index is 11.9. The number of sulfonamides is 1. The smallest absolute Gasteiger partial charge is 0.224 e. The van der Waals surface area contributed by atoms with E-state index in [0.717, 1.165) is 11.1 Å². The van der Waals surface area contributed by atoms with Crippen LogP contribution in [0.2, 0.25) is 0 Å². The van der Waals surface area contributed by atoms with Gasteiger partial charge in [0.25, 0.3) is 0 Å². The van der Waals surface area contributed by atoms with Crippen LogP contribution in [0.25, 0.3) is 0 Å². The Bertz CT molecular complexity index is 580. The van der Waals surface area contributed by atoms with Crippen LogP contribution in [0.3, 0.4) is 0 Å². The molecule has 0 spiro atoms. The third-order valence-electron chi connectivity index (χ3n) is 3.21. The van der Waals surface area contributed by atoms with Crippen molar-refractivity contribution in [2.24, 2.45) is 5.92 Å². The van der Waals surface area contributed by atoms with E-state index < -0.39 is 10.0 Å². The first-order valence-corrected chi connectivity index (χ1v) is 9.30. The van der Waals surface area contributed by atoms with Crippen LogP contribution in [-0.2, 0) is 21.2 Å². The van der Waals surface area contributed by atoms with Crippen LogP contribution in [0.1, 0.15) is 25.0 Å². The fourth-order valence-corrected chi connectivity index (χ4v) is 3.07. The van der Waals surface area contributed by atoms with E-state index in [0.29, 0.717) is 26.1 Å². The largest absolute Gasteiger partial charge is 0.354 e. The summed E-state index contributed by atoms with van der Waals surface area (Å²) in [6, 6.07) is 7.79. The summed E-state index contributed by atoms with van der Waals surface area (Å²) in [5.41, 5.74) is 2.10. The highest BCUT2D eigenvalue weighted by atomic mass is 32.2. The summed E-state index contributed by atoms with van der Waals surface area (Å²) in [4.78, 5) is 11.9. The summed E-state index contributed by atoms with van der Waals surface area (Å²) in [6.45, 7) is 7.02. The molecule has 0 saturated carbocycles. The lowest BCUT2D eigenvalue weighted by molar-refractivity contribution is -0.120. The van der Waals surface area contributed by atoms with Crippen LogP contribution in [0, 0.1) is 12.8 Å². The molecule has 1 rings (SSSR count). The SMILES string of the molecule is Cc1ccc(CC(=O)NCCN(CC(C)C)S(C)(=O)=O)cc1. The second-order valence-electron chi connectivity index (χ2n) is 6.03. The van der Waals surface area contributed by atoms with Crippen molar-refractivity contribution in [1.82, 2.24) is 9.62 Å². The Morgan fingerprint density at radius 2 is 1.82 bits per heavy atom. The average Bonchev–Trinajstić information content (AvgIpc) is 2.39. The molecule has 1 N–H and O–H groups in total. The maximum Gasteiger partial charge on any atom is 0.224 e. The molecule has 0 saturated heterocycles. The molecule has 5 nitrogen and oxygen atoms in total. The minimum absolute atomic E-state index is 0.0955. The molecule has 0 aliphatic carbocycles. The molecule has 6 heteroatoms. The van der Waals surface area contributed by atoms with Gasteiger partial charge in [-0.3, -0.25) is 4.79 Å². The number of hydrogen-bond donors (Lipinski definition) is 1. The van der Waals surface area contributed by atoms with Crippen molar-refractivity contribution in [1.29, 1.82) is 0 Å². The van der Waals surface area contributed by atoms with E-state index in [4.69, 9.17) is 0 Å². The molecule has 124 valence electrons. The molecule has 1 aromatic rings. The quantitative estimate of drug-likeness (QED) is 0.788. The third-order valence-corrected chi connectivity index (χ3v) is 4.48. The van der Waals surface area contributed by atoms with Gasteiger partial charge in [0.1, 0.15) is 0 Å². The first kappa shape index (κ1) is 18.6. The van der Waals surface area contributed by atoms with Crippen molar-refractivity contribution in [3.05, 3.63) is 35.4 Å². The van der Waals surface area contributed by atoms with Crippen molar-refractivity contribution in [2.45, 2.75) is 27.2 Å². The van der Waals surface area contributed by atoms with E-state index in [1.807, 2.05) is 45.0 Å². The number of carbonyl (C=O) groups is 1. The fourth-order valence-electron chi connectivity index (χ4n) is 2.07. The van der Waals surface area contributed by atoms with Gasteiger partial charge in [0.2, 0.25) is 15.9 Å². The van der Waals surface area contributed by atoms with Gasteiger partial charge < -0.3 is 5.32 Å². The molecule has 0 aliphatic heterocycles. The number of rotatable bonds is 8. The molecule has 0 aliphatic rings. The standard InChI is InChI=1S/C16H26N2O3S/c1-13(2)12-18(22(4,20)21)10-9-17-16(19)11-15-7-5-14(3)6-8-15/h5-8,13H,9-12H2,1-4H3,(H,17,19). The second-order valence-corrected chi connectivity index (χ2v) is 8.01. The molecular weight excluding hydrogens is 300 g/mol. The van der Waals surface area contributed by atoms with Gasteiger partial charge in [0.05, 0.1) is 12.7 Å². The fraction of sp³-hybridized carbons (Fsp3) is 0.562. The highest BCUT2D eigenvalue weighted by Crippen LogP contribution is 2.05. The molecule has 0 unspecified atom stereocenters. The normalized spacial score (nSPS) is 11.9. The van der Waals surface area contributed by atoms with E-state index in [-0.39, 0.29) is 11.8 Å². The Morgan fingerprint density at radius 1 is 1.23 bits per heavy atom. The minimum atomic E-state index is -3.24. The number of hydrogen-bond acceptors (Lipinski definition) is 3. The summed E-state index contributed by atoms with van der Waals surface area (Å²) < 4.78 is 24.8. The van der Waals surface area contributed by atoms with E-state index in [9.17, 15) is 13.2 Å².